The summed E-state index contributed by atoms with van der Waals surface area (Å²) in [4.78, 5) is 0. The molecule has 1 saturated heterocycles. The Labute approximate surface area is 120 Å². The van der Waals surface area contributed by atoms with Crippen molar-refractivity contribution in [3.63, 3.8) is 0 Å². The zero-order valence-corrected chi connectivity index (χ0v) is 12.6. The molecule has 0 aliphatic carbocycles. The normalized spacial score (nSPS) is 35.2. The molecular formula is C15H26O5. The number of rotatable bonds is 5. The maximum Gasteiger partial charge on any atom is 0.110 e. The lowest BCUT2D eigenvalue weighted by molar-refractivity contribution is -0.158. The molecule has 0 unspecified atom stereocenters. The molecule has 0 aromatic heterocycles. The summed E-state index contributed by atoms with van der Waals surface area (Å²) >= 11 is 0. The summed E-state index contributed by atoms with van der Waals surface area (Å²) in [7, 11) is 1.59. The molecule has 5 nitrogen and oxygen atoms in total. The van der Waals surface area contributed by atoms with E-state index in [-0.39, 0.29) is 12.0 Å². The number of aliphatic hydroxyl groups is 3. The summed E-state index contributed by atoms with van der Waals surface area (Å²) in [6.45, 7) is 5.89. The quantitative estimate of drug-likeness (QED) is 0.646. The molecule has 5 heteroatoms. The molecule has 116 valence electrons. The van der Waals surface area contributed by atoms with Gasteiger partial charge in [-0.2, -0.15) is 0 Å². The summed E-state index contributed by atoms with van der Waals surface area (Å²) in [6, 6.07) is 0. The molecule has 0 aromatic carbocycles. The van der Waals surface area contributed by atoms with Gasteiger partial charge in [-0.25, -0.2) is 0 Å². The van der Waals surface area contributed by atoms with E-state index in [1.807, 2.05) is 13.8 Å². The molecule has 6 atom stereocenters. The lowest BCUT2D eigenvalue weighted by atomic mass is 9.90. The number of methoxy groups -OCH3 is 1. The van der Waals surface area contributed by atoms with Gasteiger partial charge in [0.25, 0.3) is 0 Å². The first-order chi connectivity index (χ1) is 9.38. The summed E-state index contributed by atoms with van der Waals surface area (Å²) in [5, 5.41) is 28.9. The van der Waals surface area contributed by atoms with E-state index in [0.717, 1.165) is 5.57 Å². The third kappa shape index (κ3) is 4.40. The van der Waals surface area contributed by atoms with E-state index in [0.29, 0.717) is 6.61 Å². The number of allylic oxidation sites excluding steroid dienone is 2. The molecular weight excluding hydrogens is 260 g/mol. The van der Waals surface area contributed by atoms with Gasteiger partial charge in [-0.3, -0.25) is 0 Å². The molecule has 1 aliphatic heterocycles. The first-order valence-electron chi connectivity index (χ1n) is 6.92. The van der Waals surface area contributed by atoms with Crippen LogP contribution in [0, 0.1) is 5.92 Å². The Morgan fingerprint density at radius 3 is 2.60 bits per heavy atom. The fraction of sp³-hybridized carbons (Fsp3) is 0.733. The highest BCUT2D eigenvalue weighted by molar-refractivity contribution is 5.18. The molecule has 0 bridgehead atoms. The lowest BCUT2D eigenvalue weighted by Crippen LogP contribution is -2.50. The Morgan fingerprint density at radius 2 is 2.05 bits per heavy atom. The highest BCUT2D eigenvalue weighted by Crippen LogP contribution is 2.26. The van der Waals surface area contributed by atoms with Crippen molar-refractivity contribution in [3.05, 3.63) is 23.8 Å². The summed E-state index contributed by atoms with van der Waals surface area (Å²) in [5.41, 5.74) is 0.848. The van der Waals surface area contributed by atoms with Gasteiger partial charge >= 0.3 is 0 Å². The van der Waals surface area contributed by atoms with Crippen molar-refractivity contribution in [3.8, 4) is 0 Å². The Hall–Kier alpha value is -0.720. The molecule has 0 aromatic rings. The van der Waals surface area contributed by atoms with Crippen molar-refractivity contribution < 1.29 is 24.8 Å². The highest BCUT2D eigenvalue weighted by atomic mass is 16.5. The van der Waals surface area contributed by atoms with Crippen LogP contribution in [0.5, 0.6) is 0 Å². The third-order valence-corrected chi connectivity index (χ3v) is 3.63. The molecule has 1 rings (SSSR count). The first kappa shape index (κ1) is 17.3. The van der Waals surface area contributed by atoms with E-state index in [1.54, 1.807) is 19.3 Å². The topological polar surface area (TPSA) is 79.2 Å². The maximum atomic E-state index is 10.3. The van der Waals surface area contributed by atoms with Gasteiger partial charge in [-0.1, -0.05) is 25.2 Å². The molecule has 0 radical (unpaired) electrons. The number of hydrogen-bond donors (Lipinski definition) is 3. The van der Waals surface area contributed by atoms with E-state index < -0.39 is 24.4 Å². The largest absolute Gasteiger partial charge is 0.390 e. The Morgan fingerprint density at radius 1 is 1.40 bits per heavy atom. The number of aliphatic hydroxyl groups excluding tert-OH is 3. The lowest BCUT2D eigenvalue weighted by Gasteiger charge is -2.38. The van der Waals surface area contributed by atoms with E-state index >= 15 is 0 Å². The Kier molecular flexibility index (Phi) is 6.85. The Balaban J connectivity index is 2.69. The van der Waals surface area contributed by atoms with E-state index in [1.165, 1.54) is 13.0 Å². The smallest absolute Gasteiger partial charge is 0.110 e. The monoisotopic (exact) mass is 286 g/mol. The van der Waals surface area contributed by atoms with Crippen LogP contribution in [0.3, 0.4) is 0 Å². The molecule has 1 fully saturated rings. The zero-order chi connectivity index (χ0) is 15.3. The maximum absolute atomic E-state index is 10.3. The second-order valence-corrected chi connectivity index (χ2v) is 5.45. The van der Waals surface area contributed by atoms with Gasteiger partial charge < -0.3 is 24.8 Å². The predicted octanol–water partition coefficient (Wildman–Crippen LogP) is 0.641. The van der Waals surface area contributed by atoms with Crippen molar-refractivity contribution in [1.29, 1.82) is 0 Å². The van der Waals surface area contributed by atoms with Crippen LogP contribution in [-0.2, 0) is 9.47 Å². The van der Waals surface area contributed by atoms with Crippen LogP contribution in [0.2, 0.25) is 0 Å². The average molecular weight is 286 g/mol. The minimum atomic E-state index is -0.900. The second kappa shape index (κ2) is 7.90. The first-order valence-corrected chi connectivity index (χ1v) is 6.92. The fourth-order valence-electron chi connectivity index (χ4n) is 2.31. The van der Waals surface area contributed by atoms with Crippen molar-refractivity contribution in [2.24, 2.45) is 5.92 Å². The number of hydrogen-bond acceptors (Lipinski definition) is 5. The van der Waals surface area contributed by atoms with Gasteiger partial charge in [-0.15, -0.1) is 0 Å². The van der Waals surface area contributed by atoms with Crippen molar-refractivity contribution in [2.75, 3.05) is 13.7 Å². The van der Waals surface area contributed by atoms with Crippen LogP contribution in [0.1, 0.15) is 20.8 Å². The van der Waals surface area contributed by atoms with E-state index in [2.05, 4.69) is 0 Å². The van der Waals surface area contributed by atoms with Crippen LogP contribution in [0.25, 0.3) is 0 Å². The van der Waals surface area contributed by atoms with E-state index in [9.17, 15) is 10.2 Å². The molecule has 1 heterocycles. The standard InChI is InChI=1S/C15H26O5/c1-9(6-5-7-12(17)11(3)16)15-13(18)14(19-4)10(2)8-20-15/h5-7,10-18H,8H2,1-4H3/b7-5+,9-6+/t10-,11+,12-,13+,14-,15-/m0/s1. The molecule has 0 amide bonds. The molecule has 0 saturated carbocycles. The van der Waals surface area contributed by atoms with Crippen LogP contribution in [-0.4, -0.2) is 59.6 Å². The van der Waals surface area contributed by atoms with Gasteiger partial charge in [0.2, 0.25) is 0 Å². The minimum Gasteiger partial charge on any atom is -0.390 e. The summed E-state index contributed by atoms with van der Waals surface area (Å²) < 4.78 is 11.0. The fourth-order valence-corrected chi connectivity index (χ4v) is 2.31. The molecule has 0 spiro atoms. The van der Waals surface area contributed by atoms with Gasteiger partial charge in [0.15, 0.2) is 0 Å². The molecule has 3 N–H and O–H groups in total. The zero-order valence-electron chi connectivity index (χ0n) is 12.6. The van der Waals surface area contributed by atoms with Gasteiger partial charge in [-0.05, 0) is 19.4 Å². The van der Waals surface area contributed by atoms with Crippen molar-refractivity contribution >= 4 is 0 Å². The average Bonchev–Trinajstić information content (AvgIpc) is 2.38. The number of ether oxygens (including phenoxy) is 2. The van der Waals surface area contributed by atoms with Crippen molar-refractivity contribution in [2.45, 2.75) is 51.3 Å². The van der Waals surface area contributed by atoms with Crippen molar-refractivity contribution in [1.82, 2.24) is 0 Å². The second-order valence-electron chi connectivity index (χ2n) is 5.45. The van der Waals surface area contributed by atoms with Crippen LogP contribution in [0.4, 0.5) is 0 Å². The highest BCUT2D eigenvalue weighted by Gasteiger charge is 2.38. The Bertz CT molecular complexity index is 350. The summed E-state index contributed by atoms with van der Waals surface area (Å²) in [5.74, 6) is 0.145. The van der Waals surface area contributed by atoms with E-state index in [4.69, 9.17) is 14.6 Å². The third-order valence-electron chi connectivity index (χ3n) is 3.63. The van der Waals surface area contributed by atoms with Crippen LogP contribution < -0.4 is 0 Å². The van der Waals surface area contributed by atoms with Gasteiger partial charge in [0, 0.05) is 13.0 Å². The minimum absolute atomic E-state index is 0.145. The van der Waals surface area contributed by atoms with Crippen LogP contribution in [0.15, 0.2) is 23.8 Å². The molecule has 20 heavy (non-hydrogen) atoms. The van der Waals surface area contributed by atoms with Gasteiger partial charge in [0.05, 0.1) is 24.9 Å². The SMILES string of the molecule is CO[C@@H]1[C@@H](O)[C@H](/C(C)=C/C=C/[C@H](O)[C@@H](C)O)OC[C@@H]1C. The molecule has 1 aliphatic rings. The van der Waals surface area contributed by atoms with Crippen LogP contribution >= 0.6 is 0 Å². The summed E-state index contributed by atoms with van der Waals surface area (Å²) in [6.07, 6.45) is 1.84. The van der Waals surface area contributed by atoms with Gasteiger partial charge in [0.1, 0.15) is 12.2 Å². The predicted molar refractivity (Wildman–Crippen MR) is 76.3 cm³/mol.